The van der Waals surface area contributed by atoms with Gasteiger partial charge in [-0.15, -0.1) is 0 Å². The van der Waals surface area contributed by atoms with E-state index in [-0.39, 0.29) is 0 Å². The summed E-state index contributed by atoms with van der Waals surface area (Å²) in [7, 11) is 0. The van der Waals surface area contributed by atoms with Crippen LogP contribution in [0.25, 0.3) is 0 Å². The van der Waals surface area contributed by atoms with E-state index in [9.17, 15) is 0 Å². The molecule has 0 aliphatic heterocycles. The SMILES string of the molecule is NCCc1ccc(OCc2ccccc2)c(OCc2ccccc2)c1CCc1cccc(OCc2ccccc2)c1. The second kappa shape index (κ2) is 14.7. The molecule has 0 fully saturated rings. The highest BCUT2D eigenvalue weighted by Gasteiger charge is 2.17. The van der Waals surface area contributed by atoms with Gasteiger partial charge in [-0.1, -0.05) is 109 Å². The standard InChI is InChI=1S/C37H37NO3/c38-24-23-33-20-22-36(40-27-31-13-6-2-7-14-31)37(41-28-32-15-8-3-9-16-32)35(33)21-19-29-17-10-18-34(25-29)39-26-30-11-4-1-5-12-30/h1-18,20,22,25H,19,21,23-24,26-28,38H2. The fraction of sp³-hybridized carbons (Fsp3) is 0.189. The van der Waals surface area contributed by atoms with Crippen LogP contribution in [0.1, 0.15) is 33.4 Å². The molecule has 4 heteroatoms. The van der Waals surface area contributed by atoms with E-state index >= 15 is 0 Å². The quantitative estimate of drug-likeness (QED) is 0.156. The number of ether oxygens (including phenoxy) is 3. The summed E-state index contributed by atoms with van der Waals surface area (Å²) in [6.07, 6.45) is 2.41. The minimum atomic E-state index is 0.463. The smallest absolute Gasteiger partial charge is 0.165 e. The van der Waals surface area contributed by atoms with Gasteiger partial charge in [0.15, 0.2) is 11.5 Å². The molecule has 0 radical (unpaired) electrons. The van der Waals surface area contributed by atoms with Crippen molar-refractivity contribution >= 4 is 0 Å². The molecule has 0 saturated heterocycles. The summed E-state index contributed by atoms with van der Waals surface area (Å²) in [6.45, 7) is 2.05. The number of nitrogens with two attached hydrogens (primary N) is 1. The molecule has 0 aliphatic rings. The molecule has 0 aliphatic carbocycles. The summed E-state index contributed by atoms with van der Waals surface area (Å²) in [4.78, 5) is 0. The first-order valence-corrected chi connectivity index (χ1v) is 14.2. The minimum absolute atomic E-state index is 0.463. The van der Waals surface area contributed by atoms with Crippen molar-refractivity contribution in [3.05, 3.63) is 161 Å². The fourth-order valence-electron chi connectivity index (χ4n) is 4.85. The zero-order chi connectivity index (χ0) is 28.1. The molecule has 0 atom stereocenters. The summed E-state index contributed by atoms with van der Waals surface area (Å²) in [6, 6.07) is 43.2. The van der Waals surface area contributed by atoms with Gasteiger partial charge in [0, 0.05) is 5.56 Å². The lowest BCUT2D eigenvalue weighted by atomic mass is 9.96. The monoisotopic (exact) mass is 543 g/mol. The van der Waals surface area contributed by atoms with Crippen molar-refractivity contribution in [2.45, 2.75) is 39.1 Å². The van der Waals surface area contributed by atoms with Crippen molar-refractivity contribution in [1.82, 2.24) is 0 Å². The average Bonchev–Trinajstić information content (AvgIpc) is 3.03. The lowest BCUT2D eigenvalue weighted by Crippen LogP contribution is -2.10. The van der Waals surface area contributed by atoms with Gasteiger partial charge in [-0.3, -0.25) is 0 Å². The molecule has 208 valence electrons. The first-order chi connectivity index (χ1) is 20.3. The third-order valence-electron chi connectivity index (χ3n) is 7.01. The lowest BCUT2D eigenvalue weighted by molar-refractivity contribution is 0.253. The van der Waals surface area contributed by atoms with Crippen molar-refractivity contribution in [1.29, 1.82) is 0 Å². The lowest BCUT2D eigenvalue weighted by Gasteiger charge is -2.20. The van der Waals surface area contributed by atoms with E-state index in [1.807, 2.05) is 66.7 Å². The Labute approximate surface area is 243 Å². The predicted molar refractivity (Wildman–Crippen MR) is 165 cm³/mol. The summed E-state index contributed by atoms with van der Waals surface area (Å²) in [5, 5.41) is 0. The number of rotatable bonds is 14. The Hall–Kier alpha value is -4.54. The van der Waals surface area contributed by atoms with Crippen LogP contribution in [0.5, 0.6) is 17.2 Å². The topological polar surface area (TPSA) is 53.7 Å². The van der Waals surface area contributed by atoms with E-state index in [0.717, 1.165) is 58.8 Å². The Morgan fingerprint density at radius 2 is 1.02 bits per heavy atom. The molecule has 0 bridgehead atoms. The summed E-state index contributed by atoms with van der Waals surface area (Å²) in [5.41, 5.74) is 13.0. The van der Waals surface area contributed by atoms with Crippen molar-refractivity contribution < 1.29 is 14.2 Å². The minimum Gasteiger partial charge on any atom is -0.489 e. The Bertz CT molecular complexity index is 1490. The van der Waals surface area contributed by atoms with Crippen LogP contribution in [-0.2, 0) is 39.1 Å². The highest BCUT2D eigenvalue weighted by molar-refractivity contribution is 5.52. The first kappa shape index (κ1) is 28.0. The van der Waals surface area contributed by atoms with E-state index in [1.165, 1.54) is 11.1 Å². The Balaban J connectivity index is 1.37. The Morgan fingerprint density at radius 3 is 1.63 bits per heavy atom. The summed E-state index contributed by atoms with van der Waals surface area (Å²) < 4.78 is 19.0. The number of aryl methyl sites for hydroxylation is 1. The van der Waals surface area contributed by atoms with E-state index < -0.39 is 0 Å². The number of hydrogen-bond donors (Lipinski definition) is 1. The number of benzene rings is 5. The molecule has 0 amide bonds. The van der Waals surface area contributed by atoms with Crippen molar-refractivity contribution in [3.8, 4) is 17.2 Å². The molecular formula is C37H37NO3. The predicted octanol–water partition coefficient (Wildman–Crippen LogP) is 7.71. The normalized spacial score (nSPS) is 10.8. The van der Waals surface area contributed by atoms with Gasteiger partial charge < -0.3 is 19.9 Å². The summed E-state index contributed by atoms with van der Waals surface area (Å²) >= 11 is 0. The molecule has 2 N–H and O–H groups in total. The van der Waals surface area contributed by atoms with Crippen LogP contribution < -0.4 is 19.9 Å². The van der Waals surface area contributed by atoms with Gasteiger partial charge in [0.25, 0.3) is 0 Å². The van der Waals surface area contributed by atoms with Crippen LogP contribution in [0.2, 0.25) is 0 Å². The van der Waals surface area contributed by atoms with Gasteiger partial charge in [0.05, 0.1) is 0 Å². The van der Waals surface area contributed by atoms with Crippen LogP contribution in [0.15, 0.2) is 127 Å². The highest BCUT2D eigenvalue weighted by Crippen LogP contribution is 2.36. The molecule has 0 saturated carbocycles. The summed E-state index contributed by atoms with van der Waals surface area (Å²) in [5.74, 6) is 2.42. The van der Waals surface area contributed by atoms with Crippen LogP contribution >= 0.6 is 0 Å². The first-order valence-electron chi connectivity index (χ1n) is 14.2. The maximum absolute atomic E-state index is 6.54. The van der Waals surface area contributed by atoms with E-state index in [2.05, 4.69) is 60.7 Å². The van der Waals surface area contributed by atoms with Crippen LogP contribution in [-0.4, -0.2) is 6.54 Å². The van der Waals surface area contributed by atoms with Gasteiger partial charge in [-0.25, -0.2) is 0 Å². The molecular weight excluding hydrogens is 506 g/mol. The molecule has 0 aromatic heterocycles. The van der Waals surface area contributed by atoms with E-state index in [0.29, 0.717) is 26.4 Å². The Kier molecular flexibility index (Phi) is 10.1. The van der Waals surface area contributed by atoms with Crippen molar-refractivity contribution in [2.75, 3.05) is 6.54 Å². The van der Waals surface area contributed by atoms with Crippen LogP contribution in [0.3, 0.4) is 0 Å². The van der Waals surface area contributed by atoms with Gasteiger partial charge in [-0.05, 0) is 71.8 Å². The van der Waals surface area contributed by atoms with Gasteiger partial charge in [0.1, 0.15) is 25.6 Å². The molecule has 41 heavy (non-hydrogen) atoms. The zero-order valence-corrected chi connectivity index (χ0v) is 23.4. The Morgan fingerprint density at radius 1 is 0.463 bits per heavy atom. The van der Waals surface area contributed by atoms with Crippen LogP contribution in [0, 0.1) is 0 Å². The van der Waals surface area contributed by atoms with Gasteiger partial charge in [-0.2, -0.15) is 0 Å². The molecule has 5 rings (SSSR count). The zero-order valence-electron chi connectivity index (χ0n) is 23.4. The van der Waals surface area contributed by atoms with Gasteiger partial charge in [0.2, 0.25) is 0 Å². The maximum atomic E-state index is 6.54. The van der Waals surface area contributed by atoms with E-state index in [1.54, 1.807) is 0 Å². The van der Waals surface area contributed by atoms with Crippen molar-refractivity contribution in [2.24, 2.45) is 5.73 Å². The van der Waals surface area contributed by atoms with Gasteiger partial charge >= 0.3 is 0 Å². The third-order valence-corrected chi connectivity index (χ3v) is 7.01. The fourth-order valence-corrected chi connectivity index (χ4v) is 4.85. The third kappa shape index (κ3) is 8.23. The van der Waals surface area contributed by atoms with Crippen molar-refractivity contribution in [3.63, 3.8) is 0 Å². The second-order valence-electron chi connectivity index (χ2n) is 10.0. The molecule has 4 nitrogen and oxygen atoms in total. The molecule has 5 aromatic carbocycles. The molecule has 5 aromatic rings. The van der Waals surface area contributed by atoms with E-state index in [4.69, 9.17) is 19.9 Å². The molecule has 0 spiro atoms. The molecule has 0 heterocycles. The molecule has 0 unspecified atom stereocenters. The van der Waals surface area contributed by atoms with Crippen LogP contribution in [0.4, 0.5) is 0 Å². The maximum Gasteiger partial charge on any atom is 0.165 e. The second-order valence-corrected chi connectivity index (χ2v) is 10.0. The largest absolute Gasteiger partial charge is 0.489 e. The average molecular weight is 544 g/mol. The highest BCUT2D eigenvalue weighted by atomic mass is 16.5. The number of hydrogen-bond acceptors (Lipinski definition) is 4.